The molecule has 2 N–H and O–H groups in total. The second kappa shape index (κ2) is 4.41. The fraction of sp³-hybridized carbons (Fsp3) is 0.467. The molecule has 1 aliphatic rings. The van der Waals surface area contributed by atoms with Gasteiger partial charge in [0.2, 0.25) is 0 Å². The number of benzene rings is 1. The maximum Gasteiger partial charge on any atom is 0.134 e. The lowest BCUT2D eigenvalue weighted by Gasteiger charge is -2.15. The number of furan rings is 1. The van der Waals surface area contributed by atoms with Crippen LogP contribution in [0.4, 0.5) is 0 Å². The predicted molar refractivity (Wildman–Crippen MR) is 71.5 cm³/mol. The summed E-state index contributed by atoms with van der Waals surface area (Å²) in [6.45, 7) is 5.75. The van der Waals surface area contributed by atoms with Gasteiger partial charge in [0.15, 0.2) is 0 Å². The SMILES string of the molecule is Cc1ccc2oc(C(N)C3CCOC3)c(C)c2c1. The Morgan fingerprint density at radius 1 is 1.33 bits per heavy atom. The van der Waals surface area contributed by atoms with Crippen molar-refractivity contribution in [3.05, 3.63) is 35.1 Å². The fourth-order valence-electron chi connectivity index (χ4n) is 2.72. The summed E-state index contributed by atoms with van der Waals surface area (Å²) in [6.07, 6.45) is 1.02. The van der Waals surface area contributed by atoms with E-state index in [1.165, 1.54) is 16.5 Å². The molecule has 1 aromatic heterocycles. The number of hydrogen-bond donors (Lipinski definition) is 1. The molecule has 96 valence electrons. The molecule has 3 nitrogen and oxygen atoms in total. The topological polar surface area (TPSA) is 48.4 Å². The van der Waals surface area contributed by atoms with Crippen molar-refractivity contribution in [2.75, 3.05) is 13.2 Å². The quantitative estimate of drug-likeness (QED) is 0.884. The molecule has 0 amide bonds. The lowest BCUT2D eigenvalue weighted by Crippen LogP contribution is -2.21. The largest absolute Gasteiger partial charge is 0.459 e. The van der Waals surface area contributed by atoms with Crippen molar-refractivity contribution in [2.24, 2.45) is 11.7 Å². The van der Waals surface area contributed by atoms with Crippen LogP contribution in [0.15, 0.2) is 22.6 Å². The average Bonchev–Trinajstić information content (AvgIpc) is 2.98. The second-order valence-corrected chi connectivity index (χ2v) is 5.24. The van der Waals surface area contributed by atoms with Gasteiger partial charge in [-0.3, -0.25) is 0 Å². The third kappa shape index (κ3) is 1.84. The molecule has 3 heteroatoms. The van der Waals surface area contributed by atoms with E-state index in [9.17, 15) is 0 Å². The third-order valence-corrected chi connectivity index (χ3v) is 3.90. The Bertz CT molecular complexity index is 567. The van der Waals surface area contributed by atoms with Gasteiger partial charge in [-0.1, -0.05) is 11.6 Å². The zero-order valence-electron chi connectivity index (χ0n) is 10.9. The van der Waals surface area contributed by atoms with Crippen molar-refractivity contribution in [3.63, 3.8) is 0 Å². The summed E-state index contributed by atoms with van der Waals surface area (Å²) in [4.78, 5) is 0. The zero-order valence-corrected chi connectivity index (χ0v) is 10.9. The van der Waals surface area contributed by atoms with E-state index in [0.29, 0.717) is 5.92 Å². The summed E-state index contributed by atoms with van der Waals surface area (Å²) < 4.78 is 11.4. The number of nitrogens with two attached hydrogens (primary N) is 1. The minimum Gasteiger partial charge on any atom is -0.459 e. The van der Waals surface area contributed by atoms with E-state index in [-0.39, 0.29) is 6.04 Å². The maximum absolute atomic E-state index is 6.33. The Hall–Kier alpha value is -1.32. The van der Waals surface area contributed by atoms with Crippen molar-refractivity contribution in [1.82, 2.24) is 0 Å². The molecule has 0 spiro atoms. The lowest BCUT2D eigenvalue weighted by molar-refractivity contribution is 0.178. The van der Waals surface area contributed by atoms with Gasteiger partial charge in [-0.05, 0) is 38.0 Å². The van der Waals surface area contributed by atoms with Crippen molar-refractivity contribution < 1.29 is 9.15 Å². The van der Waals surface area contributed by atoms with E-state index in [1.54, 1.807) is 0 Å². The van der Waals surface area contributed by atoms with Crippen molar-refractivity contribution in [2.45, 2.75) is 26.3 Å². The van der Waals surface area contributed by atoms with E-state index in [0.717, 1.165) is 31.0 Å². The highest BCUT2D eigenvalue weighted by Crippen LogP contribution is 2.34. The lowest BCUT2D eigenvalue weighted by atomic mass is 9.95. The van der Waals surface area contributed by atoms with Crippen LogP contribution in [0.1, 0.15) is 29.3 Å². The minimum absolute atomic E-state index is 0.0554. The summed E-state index contributed by atoms with van der Waals surface area (Å²) in [5.41, 5.74) is 9.68. The number of aryl methyl sites for hydroxylation is 2. The smallest absolute Gasteiger partial charge is 0.134 e. The summed E-state index contributed by atoms with van der Waals surface area (Å²) in [7, 11) is 0. The first-order valence-electron chi connectivity index (χ1n) is 6.50. The van der Waals surface area contributed by atoms with Gasteiger partial charge in [-0.25, -0.2) is 0 Å². The third-order valence-electron chi connectivity index (χ3n) is 3.90. The van der Waals surface area contributed by atoms with E-state index in [2.05, 4.69) is 26.0 Å². The Morgan fingerprint density at radius 3 is 2.89 bits per heavy atom. The molecular weight excluding hydrogens is 226 g/mol. The molecule has 0 saturated carbocycles. The van der Waals surface area contributed by atoms with Crippen LogP contribution in [0.3, 0.4) is 0 Å². The zero-order chi connectivity index (χ0) is 12.7. The monoisotopic (exact) mass is 245 g/mol. The molecule has 18 heavy (non-hydrogen) atoms. The van der Waals surface area contributed by atoms with Gasteiger partial charge in [0.05, 0.1) is 12.6 Å². The molecule has 0 aliphatic carbocycles. The number of hydrogen-bond acceptors (Lipinski definition) is 3. The normalized spacial score (nSPS) is 21.6. The molecule has 1 fully saturated rings. The number of rotatable bonds is 2. The molecule has 0 radical (unpaired) electrons. The summed E-state index contributed by atoms with van der Waals surface area (Å²) in [6, 6.07) is 6.20. The highest BCUT2D eigenvalue weighted by molar-refractivity contribution is 5.82. The van der Waals surface area contributed by atoms with E-state index < -0.39 is 0 Å². The van der Waals surface area contributed by atoms with E-state index in [1.807, 2.05) is 6.07 Å². The maximum atomic E-state index is 6.33. The van der Waals surface area contributed by atoms with E-state index in [4.69, 9.17) is 14.9 Å². The highest BCUT2D eigenvalue weighted by atomic mass is 16.5. The minimum atomic E-state index is -0.0554. The molecule has 0 bridgehead atoms. The Balaban J connectivity index is 2.03. The van der Waals surface area contributed by atoms with Gasteiger partial charge >= 0.3 is 0 Å². The molecule has 1 aromatic carbocycles. The van der Waals surface area contributed by atoms with Crippen LogP contribution in [0.25, 0.3) is 11.0 Å². The van der Waals surface area contributed by atoms with Crippen molar-refractivity contribution >= 4 is 11.0 Å². The van der Waals surface area contributed by atoms with Crippen LogP contribution in [0.5, 0.6) is 0 Å². The molecule has 2 atom stereocenters. The van der Waals surface area contributed by atoms with Crippen LogP contribution >= 0.6 is 0 Å². The molecule has 2 aromatic rings. The highest BCUT2D eigenvalue weighted by Gasteiger charge is 2.28. The first-order valence-corrected chi connectivity index (χ1v) is 6.50. The second-order valence-electron chi connectivity index (χ2n) is 5.24. The molecule has 3 rings (SSSR count). The molecule has 2 heterocycles. The standard InChI is InChI=1S/C15H19NO2/c1-9-3-4-13-12(7-9)10(2)15(18-13)14(16)11-5-6-17-8-11/h3-4,7,11,14H,5-6,8,16H2,1-2H3. The summed E-state index contributed by atoms with van der Waals surface area (Å²) in [5.74, 6) is 1.30. The fourth-order valence-corrected chi connectivity index (χ4v) is 2.72. The van der Waals surface area contributed by atoms with Crippen LogP contribution in [-0.2, 0) is 4.74 Å². The van der Waals surface area contributed by atoms with E-state index >= 15 is 0 Å². The Labute approximate surface area is 107 Å². The summed E-state index contributed by atoms with van der Waals surface area (Å²) >= 11 is 0. The van der Waals surface area contributed by atoms with Gasteiger partial charge in [0.25, 0.3) is 0 Å². The van der Waals surface area contributed by atoms with Crippen molar-refractivity contribution in [1.29, 1.82) is 0 Å². The van der Waals surface area contributed by atoms with Crippen molar-refractivity contribution in [3.8, 4) is 0 Å². The first-order chi connectivity index (χ1) is 8.66. The first kappa shape index (κ1) is 11.8. The van der Waals surface area contributed by atoms with Crippen LogP contribution in [0, 0.1) is 19.8 Å². The Kier molecular flexibility index (Phi) is 2.88. The van der Waals surface area contributed by atoms with Gasteiger partial charge in [0, 0.05) is 17.9 Å². The predicted octanol–water partition coefficient (Wildman–Crippen LogP) is 3.09. The van der Waals surface area contributed by atoms with Crippen LogP contribution in [0.2, 0.25) is 0 Å². The van der Waals surface area contributed by atoms with Crippen LogP contribution < -0.4 is 5.73 Å². The number of ether oxygens (including phenoxy) is 1. The molecule has 2 unspecified atom stereocenters. The summed E-state index contributed by atoms with van der Waals surface area (Å²) in [5, 5.41) is 1.18. The molecular formula is C15H19NO2. The molecule has 1 saturated heterocycles. The van der Waals surface area contributed by atoms with Gasteiger partial charge in [0.1, 0.15) is 11.3 Å². The van der Waals surface area contributed by atoms with Gasteiger partial charge in [-0.15, -0.1) is 0 Å². The van der Waals surface area contributed by atoms with Gasteiger partial charge in [-0.2, -0.15) is 0 Å². The van der Waals surface area contributed by atoms with Gasteiger partial charge < -0.3 is 14.9 Å². The molecule has 1 aliphatic heterocycles. The Morgan fingerprint density at radius 2 is 2.17 bits per heavy atom. The van der Waals surface area contributed by atoms with Crippen LogP contribution in [-0.4, -0.2) is 13.2 Å². The number of fused-ring (bicyclic) bond motifs is 1. The average molecular weight is 245 g/mol.